The number of pyridine rings is 1. The number of carbonyl (C=O) groups is 2. The first-order chi connectivity index (χ1) is 14.7. The van der Waals surface area contributed by atoms with Crippen molar-refractivity contribution in [2.24, 2.45) is 5.92 Å². The lowest BCUT2D eigenvalue weighted by Crippen LogP contribution is -2.45. The van der Waals surface area contributed by atoms with E-state index in [-0.39, 0.29) is 17.7 Å². The van der Waals surface area contributed by atoms with Gasteiger partial charge in [0.1, 0.15) is 0 Å². The summed E-state index contributed by atoms with van der Waals surface area (Å²) < 4.78 is 5.27. The number of piperidine rings is 1. The molecule has 2 aromatic heterocycles. The Morgan fingerprint density at radius 3 is 2.80 bits per heavy atom. The summed E-state index contributed by atoms with van der Waals surface area (Å²) in [5.74, 6) is 0.784. The highest BCUT2D eigenvalue weighted by Crippen LogP contribution is 2.20. The summed E-state index contributed by atoms with van der Waals surface area (Å²) in [6.07, 6.45) is 3.08. The Morgan fingerprint density at radius 1 is 1.17 bits per heavy atom. The van der Waals surface area contributed by atoms with Crippen molar-refractivity contribution in [3.05, 3.63) is 66.3 Å². The molecule has 0 bridgehead atoms. The van der Waals surface area contributed by atoms with Gasteiger partial charge in [-0.25, -0.2) is 0 Å². The first-order valence-electron chi connectivity index (χ1n) is 10.0. The average molecular weight is 405 g/mol. The lowest BCUT2D eigenvalue weighted by molar-refractivity contribution is -0.138. The minimum atomic E-state index is -0.228. The fourth-order valence-electron chi connectivity index (χ4n) is 3.47. The van der Waals surface area contributed by atoms with E-state index < -0.39 is 0 Å². The number of amides is 2. The van der Waals surface area contributed by atoms with Crippen LogP contribution < -0.4 is 5.32 Å². The normalized spacial score (nSPS) is 16.5. The Bertz CT molecular complexity index is 990. The van der Waals surface area contributed by atoms with Gasteiger partial charge in [-0.15, -0.1) is 0 Å². The summed E-state index contributed by atoms with van der Waals surface area (Å²) in [7, 11) is 0. The van der Waals surface area contributed by atoms with Gasteiger partial charge in [0.2, 0.25) is 23.5 Å². The van der Waals surface area contributed by atoms with Gasteiger partial charge in [-0.3, -0.25) is 14.6 Å². The van der Waals surface area contributed by atoms with Crippen molar-refractivity contribution in [2.75, 3.05) is 13.1 Å². The van der Waals surface area contributed by atoms with Crippen LogP contribution in [0.4, 0.5) is 0 Å². The van der Waals surface area contributed by atoms with Crippen LogP contribution in [0.2, 0.25) is 0 Å². The van der Waals surface area contributed by atoms with Gasteiger partial charge in [0.25, 0.3) is 0 Å². The molecule has 8 nitrogen and oxygen atoms in total. The molecule has 1 saturated heterocycles. The van der Waals surface area contributed by atoms with Crippen molar-refractivity contribution in [2.45, 2.75) is 25.8 Å². The lowest BCUT2D eigenvalue weighted by Gasteiger charge is -2.31. The third kappa shape index (κ3) is 4.89. The van der Waals surface area contributed by atoms with Crippen molar-refractivity contribution in [1.29, 1.82) is 0 Å². The van der Waals surface area contributed by atoms with Crippen LogP contribution in [0.5, 0.6) is 0 Å². The van der Waals surface area contributed by atoms with Gasteiger partial charge < -0.3 is 14.7 Å². The van der Waals surface area contributed by atoms with Gasteiger partial charge in [0, 0.05) is 37.7 Å². The average Bonchev–Trinajstić information content (AvgIpc) is 3.25. The van der Waals surface area contributed by atoms with E-state index in [1.807, 2.05) is 48.5 Å². The fourth-order valence-corrected chi connectivity index (χ4v) is 3.47. The van der Waals surface area contributed by atoms with Gasteiger partial charge in [-0.2, -0.15) is 4.98 Å². The first-order valence-corrected chi connectivity index (χ1v) is 10.0. The molecule has 0 radical (unpaired) electrons. The minimum absolute atomic E-state index is 0.0590. The highest BCUT2D eigenvalue weighted by atomic mass is 16.5. The van der Waals surface area contributed by atoms with Gasteiger partial charge in [-0.05, 0) is 18.6 Å². The van der Waals surface area contributed by atoms with E-state index in [1.54, 1.807) is 11.1 Å². The van der Waals surface area contributed by atoms with Gasteiger partial charge in [-0.1, -0.05) is 41.6 Å². The minimum Gasteiger partial charge on any atom is -0.355 e. The smallest absolute Gasteiger partial charge is 0.228 e. The van der Waals surface area contributed by atoms with E-state index >= 15 is 0 Å². The van der Waals surface area contributed by atoms with Crippen molar-refractivity contribution >= 4 is 11.8 Å². The Kier molecular flexibility index (Phi) is 6.12. The summed E-state index contributed by atoms with van der Waals surface area (Å²) >= 11 is 0. The molecule has 1 aromatic carbocycles. The quantitative estimate of drug-likeness (QED) is 0.647. The van der Waals surface area contributed by atoms with Crippen molar-refractivity contribution in [3.63, 3.8) is 0 Å². The van der Waals surface area contributed by atoms with Crippen molar-refractivity contribution in [1.82, 2.24) is 25.3 Å². The van der Waals surface area contributed by atoms with Crippen molar-refractivity contribution < 1.29 is 14.1 Å². The third-order valence-electron chi connectivity index (χ3n) is 5.09. The van der Waals surface area contributed by atoms with E-state index in [1.165, 1.54) is 0 Å². The Morgan fingerprint density at radius 2 is 2.00 bits per heavy atom. The molecule has 4 rings (SSSR count). The molecule has 154 valence electrons. The third-order valence-corrected chi connectivity index (χ3v) is 5.09. The molecular weight excluding hydrogens is 382 g/mol. The molecule has 3 aromatic rings. The van der Waals surface area contributed by atoms with Crippen LogP contribution in [-0.4, -0.2) is 44.9 Å². The number of likely N-dealkylation sites (tertiary alicyclic amines) is 1. The van der Waals surface area contributed by atoms with Crippen LogP contribution in [0, 0.1) is 5.92 Å². The fraction of sp³-hybridized carbons (Fsp3) is 0.318. The molecule has 3 heterocycles. The molecule has 0 spiro atoms. The zero-order chi connectivity index (χ0) is 20.8. The monoisotopic (exact) mass is 405 g/mol. The molecule has 2 amide bonds. The lowest BCUT2D eigenvalue weighted by atomic mass is 9.96. The zero-order valence-corrected chi connectivity index (χ0v) is 16.5. The number of carbonyl (C=O) groups excluding carboxylic acids is 2. The second-order valence-electron chi connectivity index (χ2n) is 7.25. The highest BCUT2D eigenvalue weighted by Gasteiger charge is 2.30. The number of hydrogen-bond donors (Lipinski definition) is 1. The van der Waals surface area contributed by atoms with Crippen molar-refractivity contribution in [3.8, 4) is 11.4 Å². The Hall–Kier alpha value is -3.55. The van der Waals surface area contributed by atoms with Crippen LogP contribution in [0.25, 0.3) is 11.4 Å². The SMILES string of the molecule is O=C(NCCc1nc(-c2ccccc2)no1)[C@@H]1CCC(=O)N(Cc2ccccn2)C1. The molecule has 1 atom stereocenters. The predicted molar refractivity (Wildman–Crippen MR) is 109 cm³/mol. The summed E-state index contributed by atoms with van der Waals surface area (Å²) in [5, 5.41) is 6.91. The second-order valence-corrected chi connectivity index (χ2v) is 7.25. The maximum atomic E-state index is 12.6. The van der Waals surface area contributed by atoms with E-state index in [2.05, 4.69) is 20.4 Å². The largest absolute Gasteiger partial charge is 0.355 e. The van der Waals surface area contributed by atoms with Crippen LogP contribution in [-0.2, 0) is 22.6 Å². The number of aromatic nitrogens is 3. The Balaban J connectivity index is 1.27. The summed E-state index contributed by atoms with van der Waals surface area (Å²) in [6.45, 7) is 1.23. The number of nitrogens with one attached hydrogen (secondary N) is 1. The molecule has 8 heteroatoms. The first kappa shape index (κ1) is 19.8. The van der Waals surface area contributed by atoms with Crippen LogP contribution >= 0.6 is 0 Å². The molecule has 0 unspecified atom stereocenters. The number of rotatable bonds is 7. The molecule has 30 heavy (non-hydrogen) atoms. The van der Waals surface area contributed by atoms with E-state index in [9.17, 15) is 9.59 Å². The van der Waals surface area contributed by atoms with Crippen LogP contribution in [0.1, 0.15) is 24.4 Å². The molecular formula is C22H23N5O3. The van der Waals surface area contributed by atoms with E-state index in [4.69, 9.17) is 4.52 Å². The Labute approximate surface area is 174 Å². The maximum Gasteiger partial charge on any atom is 0.228 e. The van der Waals surface area contributed by atoms with Crippen LogP contribution in [0.15, 0.2) is 59.3 Å². The number of hydrogen-bond acceptors (Lipinski definition) is 6. The topological polar surface area (TPSA) is 101 Å². The maximum absolute atomic E-state index is 12.6. The molecule has 1 aliphatic rings. The molecule has 1 fully saturated rings. The second kappa shape index (κ2) is 9.30. The van der Waals surface area contributed by atoms with Gasteiger partial charge >= 0.3 is 0 Å². The summed E-state index contributed by atoms with van der Waals surface area (Å²) in [4.78, 5) is 35.2. The molecule has 1 N–H and O–H groups in total. The molecule has 0 aliphatic carbocycles. The molecule has 1 aliphatic heterocycles. The van der Waals surface area contributed by atoms with E-state index in [0.717, 1.165) is 11.3 Å². The van der Waals surface area contributed by atoms with E-state index in [0.29, 0.717) is 50.6 Å². The van der Waals surface area contributed by atoms with Gasteiger partial charge in [0.15, 0.2) is 0 Å². The number of nitrogens with zero attached hydrogens (tertiary/aromatic N) is 4. The predicted octanol–water partition coefficient (Wildman–Crippen LogP) is 2.23. The highest BCUT2D eigenvalue weighted by molar-refractivity contribution is 5.83. The standard InChI is InChI=1S/C22H23N5O3/c28-20-10-9-17(14-27(20)15-18-8-4-5-12-23-18)22(29)24-13-11-19-25-21(26-30-19)16-6-2-1-3-7-16/h1-8,12,17H,9-11,13-15H2,(H,24,29)/t17-/m1/s1. The molecule has 0 saturated carbocycles. The summed E-state index contributed by atoms with van der Waals surface area (Å²) in [5.41, 5.74) is 1.70. The van der Waals surface area contributed by atoms with Gasteiger partial charge in [0.05, 0.1) is 18.2 Å². The zero-order valence-electron chi connectivity index (χ0n) is 16.5. The summed E-state index contributed by atoms with van der Waals surface area (Å²) in [6, 6.07) is 15.2. The number of benzene rings is 1. The van der Waals surface area contributed by atoms with Crippen LogP contribution in [0.3, 0.4) is 0 Å².